The van der Waals surface area contributed by atoms with E-state index in [1.54, 1.807) is 16.8 Å². The molecule has 0 amide bonds. The van der Waals surface area contributed by atoms with Crippen molar-refractivity contribution < 1.29 is 4.92 Å². The maximum absolute atomic E-state index is 10.8. The van der Waals surface area contributed by atoms with Gasteiger partial charge in [0.15, 0.2) is 5.82 Å². The molecule has 0 fully saturated rings. The Morgan fingerprint density at radius 2 is 1.91 bits per heavy atom. The van der Waals surface area contributed by atoms with Crippen LogP contribution in [0.5, 0.6) is 0 Å². The zero-order valence-corrected chi connectivity index (χ0v) is 12.9. The molecule has 2 rings (SSSR count). The van der Waals surface area contributed by atoms with Gasteiger partial charge in [0.1, 0.15) is 5.69 Å². The molecule has 0 spiro atoms. The van der Waals surface area contributed by atoms with Gasteiger partial charge in [-0.05, 0) is 39.0 Å². The maximum Gasteiger partial charge on any atom is 0.269 e. The van der Waals surface area contributed by atoms with Crippen LogP contribution < -0.4 is 4.90 Å². The molecule has 0 aliphatic heterocycles. The summed E-state index contributed by atoms with van der Waals surface area (Å²) in [6.45, 7) is 7.70. The minimum absolute atomic E-state index is 0.0573. The second-order valence-electron chi connectivity index (χ2n) is 4.66. The molecule has 7 nitrogen and oxygen atoms in total. The Labute approximate surface area is 129 Å². The van der Waals surface area contributed by atoms with Gasteiger partial charge in [-0.15, -0.1) is 5.10 Å². The number of hydrogen-bond acceptors (Lipinski definition) is 5. The fourth-order valence-electron chi connectivity index (χ4n) is 2.26. The van der Waals surface area contributed by atoms with E-state index in [1.807, 2.05) is 19.1 Å². The van der Waals surface area contributed by atoms with E-state index in [0.717, 1.165) is 30.3 Å². The number of anilines is 1. The molecule has 0 N–H and O–H groups in total. The van der Waals surface area contributed by atoms with E-state index in [2.05, 4.69) is 29.1 Å². The van der Waals surface area contributed by atoms with Gasteiger partial charge in [-0.3, -0.25) is 10.1 Å². The largest absolute Gasteiger partial charge is 0.355 e. The molecule has 0 radical (unpaired) electrons. The summed E-state index contributed by atoms with van der Waals surface area (Å²) in [6, 6.07) is 6.30. The number of hydrogen-bond donors (Lipinski definition) is 0. The molecule has 0 atom stereocenters. The van der Waals surface area contributed by atoms with Gasteiger partial charge in [-0.1, -0.05) is 11.3 Å². The summed E-state index contributed by atoms with van der Waals surface area (Å²) < 4.78 is 1.71. The van der Waals surface area contributed by atoms with Crippen molar-refractivity contribution in [3.63, 3.8) is 0 Å². The van der Waals surface area contributed by atoms with Crippen molar-refractivity contribution in [2.75, 3.05) is 18.0 Å². The predicted octanol–water partition coefficient (Wildman–Crippen LogP) is 3.05. The van der Waals surface area contributed by atoms with E-state index in [9.17, 15) is 10.1 Å². The van der Waals surface area contributed by atoms with Gasteiger partial charge in [-0.2, -0.15) is 4.68 Å². The Bertz CT molecular complexity index is 672. The van der Waals surface area contributed by atoms with Crippen molar-refractivity contribution in [3.8, 4) is 5.69 Å². The average Bonchev–Trinajstić information content (AvgIpc) is 2.93. The van der Waals surface area contributed by atoms with Crippen molar-refractivity contribution in [1.29, 1.82) is 0 Å². The smallest absolute Gasteiger partial charge is 0.269 e. The van der Waals surface area contributed by atoms with Crippen LogP contribution in [0.15, 0.2) is 30.3 Å². The Morgan fingerprint density at radius 3 is 2.41 bits per heavy atom. The molecule has 7 heteroatoms. The monoisotopic (exact) mass is 301 g/mol. The Kier molecular flexibility index (Phi) is 4.88. The van der Waals surface area contributed by atoms with Crippen LogP contribution in [-0.4, -0.2) is 33.0 Å². The van der Waals surface area contributed by atoms with Crippen molar-refractivity contribution in [1.82, 2.24) is 15.0 Å². The van der Waals surface area contributed by atoms with Crippen LogP contribution in [0.25, 0.3) is 11.8 Å². The van der Waals surface area contributed by atoms with E-state index in [1.165, 1.54) is 12.1 Å². The molecule has 0 bridgehead atoms. The van der Waals surface area contributed by atoms with Crippen LogP contribution in [0.3, 0.4) is 0 Å². The number of nitro groups is 1. The topological polar surface area (TPSA) is 77.1 Å². The van der Waals surface area contributed by atoms with Gasteiger partial charge in [0.25, 0.3) is 5.69 Å². The quantitative estimate of drug-likeness (QED) is 0.605. The number of nitrogens with zero attached hydrogens (tertiary/aromatic N) is 5. The lowest BCUT2D eigenvalue weighted by atomic mass is 10.2. The number of nitro benzene ring substituents is 1. The van der Waals surface area contributed by atoms with Crippen molar-refractivity contribution in [3.05, 3.63) is 46.1 Å². The van der Waals surface area contributed by atoms with Crippen molar-refractivity contribution >= 4 is 17.6 Å². The molecule has 0 aliphatic rings. The number of allylic oxidation sites excluding steroid dienone is 1. The second kappa shape index (κ2) is 6.84. The lowest BCUT2D eigenvalue weighted by molar-refractivity contribution is -0.384. The third-order valence-corrected chi connectivity index (χ3v) is 3.36. The zero-order chi connectivity index (χ0) is 16.1. The summed E-state index contributed by atoms with van der Waals surface area (Å²) in [4.78, 5) is 12.5. The van der Waals surface area contributed by atoms with Crippen molar-refractivity contribution in [2.45, 2.75) is 20.8 Å². The summed E-state index contributed by atoms with van der Waals surface area (Å²) >= 11 is 0. The lowest BCUT2D eigenvalue weighted by Gasteiger charge is -2.22. The van der Waals surface area contributed by atoms with Gasteiger partial charge in [-0.25, -0.2) is 0 Å². The molecule has 116 valence electrons. The highest BCUT2D eigenvalue weighted by atomic mass is 16.6. The molecular weight excluding hydrogens is 282 g/mol. The van der Waals surface area contributed by atoms with E-state index in [-0.39, 0.29) is 5.69 Å². The highest BCUT2D eigenvalue weighted by molar-refractivity contribution is 5.63. The molecule has 0 saturated carbocycles. The fraction of sp³-hybridized carbons (Fsp3) is 0.333. The molecule has 0 saturated heterocycles. The van der Waals surface area contributed by atoms with E-state index >= 15 is 0 Å². The van der Waals surface area contributed by atoms with Crippen LogP contribution in [0.1, 0.15) is 26.5 Å². The first kappa shape index (κ1) is 15.7. The minimum atomic E-state index is -0.415. The van der Waals surface area contributed by atoms with Crippen molar-refractivity contribution in [2.24, 2.45) is 0 Å². The third-order valence-electron chi connectivity index (χ3n) is 3.36. The van der Waals surface area contributed by atoms with Gasteiger partial charge < -0.3 is 4.90 Å². The number of aromatic nitrogens is 3. The first-order chi connectivity index (χ1) is 10.6. The first-order valence-corrected chi connectivity index (χ1v) is 7.20. The standard InChI is InChI=1S/C15H19N5O2/c1-4-7-14-15(18(5-2)6-3)19(17-16-14)12-8-10-13(11-9-12)20(21)22/h4,7-11H,5-6H2,1-3H3. The molecule has 0 unspecified atom stereocenters. The molecular formula is C15H19N5O2. The van der Waals surface area contributed by atoms with Crippen LogP contribution in [-0.2, 0) is 0 Å². The van der Waals surface area contributed by atoms with Crippen LogP contribution in [0.2, 0.25) is 0 Å². The Hall–Kier alpha value is -2.70. The van der Waals surface area contributed by atoms with Gasteiger partial charge >= 0.3 is 0 Å². The summed E-state index contributed by atoms with van der Waals surface area (Å²) in [7, 11) is 0. The summed E-state index contributed by atoms with van der Waals surface area (Å²) in [5.41, 5.74) is 1.59. The minimum Gasteiger partial charge on any atom is -0.355 e. The van der Waals surface area contributed by atoms with Crippen LogP contribution in [0.4, 0.5) is 11.5 Å². The normalized spacial score (nSPS) is 11.0. The Morgan fingerprint density at radius 1 is 1.27 bits per heavy atom. The number of benzene rings is 1. The lowest BCUT2D eigenvalue weighted by Crippen LogP contribution is -2.25. The highest BCUT2D eigenvalue weighted by Crippen LogP contribution is 2.24. The van der Waals surface area contributed by atoms with Crippen LogP contribution >= 0.6 is 0 Å². The molecule has 1 aromatic heterocycles. The van der Waals surface area contributed by atoms with Gasteiger partial charge in [0.2, 0.25) is 0 Å². The average molecular weight is 301 g/mol. The molecule has 22 heavy (non-hydrogen) atoms. The molecule has 0 aliphatic carbocycles. The zero-order valence-electron chi connectivity index (χ0n) is 12.9. The second-order valence-corrected chi connectivity index (χ2v) is 4.66. The molecule has 1 heterocycles. The number of non-ortho nitro benzene ring substituents is 1. The van der Waals surface area contributed by atoms with Gasteiger partial charge in [0, 0.05) is 25.2 Å². The SMILES string of the molecule is CC=Cc1nnn(-c2ccc([N+](=O)[O-])cc2)c1N(CC)CC. The molecule has 2 aromatic rings. The fourth-order valence-corrected chi connectivity index (χ4v) is 2.26. The summed E-state index contributed by atoms with van der Waals surface area (Å²) in [6.07, 6.45) is 3.82. The Balaban J connectivity index is 2.52. The first-order valence-electron chi connectivity index (χ1n) is 7.20. The van der Waals surface area contributed by atoms with E-state index < -0.39 is 4.92 Å². The predicted molar refractivity (Wildman–Crippen MR) is 86.3 cm³/mol. The third kappa shape index (κ3) is 2.98. The van der Waals surface area contributed by atoms with E-state index in [4.69, 9.17) is 0 Å². The number of rotatable bonds is 6. The van der Waals surface area contributed by atoms with Crippen LogP contribution in [0, 0.1) is 10.1 Å². The molecule has 1 aromatic carbocycles. The van der Waals surface area contributed by atoms with E-state index in [0.29, 0.717) is 0 Å². The highest BCUT2D eigenvalue weighted by Gasteiger charge is 2.17. The summed E-state index contributed by atoms with van der Waals surface area (Å²) in [5, 5.41) is 19.2. The summed E-state index contributed by atoms with van der Waals surface area (Å²) in [5.74, 6) is 0.886. The maximum atomic E-state index is 10.8. The van der Waals surface area contributed by atoms with Gasteiger partial charge in [0.05, 0.1) is 10.6 Å².